The van der Waals surface area contributed by atoms with Gasteiger partial charge in [0.25, 0.3) is 0 Å². The Morgan fingerprint density at radius 2 is 2.40 bits per heavy atom. The number of amides is 2. The number of nitrogens with one attached hydrogen (secondary N) is 2. The van der Waals surface area contributed by atoms with Gasteiger partial charge in [-0.05, 0) is 5.92 Å². The lowest BCUT2D eigenvalue weighted by atomic mass is 10.1. The van der Waals surface area contributed by atoms with Crippen molar-refractivity contribution in [1.29, 1.82) is 0 Å². The molecule has 1 aliphatic heterocycles. The molecule has 0 radical (unpaired) electrons. The van der Waals surface area contributed by atoms with Gasteiger partial charge in [0.05, 0.1) is 12.2 Å². The van der Waals surface area contributed by atoms with Crippen molar-refractivity contribution in [2.45, 2.75) is 26.7 Å². The molecule has 6 heteroatoms. The standard InChI is InChI=1S/C14H22N4O2/c1-10(2)7-18-8-11(5-13(18)19)14(20)16-4-3-12-6-15-9-17-12/h6,9-11H,3-5,7-8H2,1-2H3,(H,15,17)(H,16,20)/t11-/m1/s1. The van der Waals surface area contributed by atoms with Gasteiger partial charge in [0.15, 0.2) is 0 Å². The highest BCUT2D eigenvalue weighted by Crippen LogP contribution is 2.19. The first-order chi connectivity index (χ1) is 9.56. The van der Waals surface area contributed by atoms with E-state index in [4.69, 9.17) is 0 Å². The van der Waals surface area contributed by atoms with Gasteiger partial charge in [0.1, 0.15) is 0 Å². The van der Waals surface area contributed by atoms with E-state index >= 15 is 0 Å². The zero-order valence-electron chi connectivity index (χ0n) is 12.1. The first-order valence-corrected chi connectivity index (χ1v) is 7.09. The van der Waals surface area contributed by atoms with Gasteiger partial charge in [-0.15, -0.1) is 0 Å². The van der Waals surface area contributed by atoms with E-state index in [1.807, 2.05) is 0 Å². The molecule has 6 nitrogen and oxygen atoms in total. The third-order valence-corrected chi connectivity index (χ3v) is 3.42. The van der Waals surface area contributed by atoms with E-state index in [0.29, 0.717) is 25.4 Å². The van der Waals surface area contributed by atoms with Gasteiger partial charge in [-0.1, -0.05) is 13.8 Å². The van der Waals surface area contributed by atoms with Crippen molar-refractivity contribution in [3.63, 3.8) is 0 Å². The molecule has 2 N–H and O–H groups in total. The number of hydrogen-bond donors (Lipinski definition) is 2. The average molecular weight is 278 g/mol. The van der Waals surface area contributed by atoms with Crippen LogP contribution in [0.1, 0.15) is 26.0 Å². The first kappa shape index (κ1) is 14.6. The Morgan fingerprint density at radius 1 is 1.60 bits per heavy atom. The number of rotatable bonds is 6. The van der Waals surface area contributed by atoms with Crippen molar-refractivity contribution in [2.24, 2.45) is 11.8 Å². The summed E-state index contributed by atoms with van der Waals surface area (Å²) in [5.41, 5.74) is 0.995. The lowest BCUT2D eigenvalue weighted by molar-refractivity contribution is -0.129. The van der Waals surface area contributed by atoms with E-state index in [-0.39, 0.29) is 17.7 Å². The number of carbonyl (C=O) groups is 2. The molecule has 0 spiro atoms. The van der Waals surface area contributed by atoms with E-state index in [2.05, 4.69) is 29.1 Å². The fourth-order valence-corrected chi connectivity index (χ4v) is 2.45. The van der Waals surface area contributed by atoms with Gasteiger partial charge in [-0.25, -0.2) is 4.98 Å². The van der Waals surface area contributed by atoms with E-state index in [0.717, 1.165) is 18.7 Å². The van der Waals surface area contributed by atoms with Crippen LogP contribution in [0, 0.1) is 11.8 Å². The Labute approximate surface area is 119 Å². The van der Waals surface area contributed by atoms with Gasteiger partial charge in [0.2, 0.25) is 11.8 Å². The Balaban J connectivity index is 1.74. The van der Waals surface area contributed by atoms with Gasteiger partial charge >= 0.3 is 0 Å². The summed E-state index contributed by atoms with van der Waals surface area (Å²) < 4.78 is 0. The molecule has 1 atom stereocenters. The molecule has 0 unspecified atom stereocenters. The topological polar surface area (TPSA) is 78.1 Å². The number of imidazole rings is 1. The van der Waals surface area contributed by atoms with Crippen LogP contribution in [0.5, 0.6) is 0 Å². The maximum absolute atomic E-state index is 12.0. The number of aromatic amines is 1. The third-order valence-electron chi connectivity index (χ3n) is 3.42. The maximum Gasteiger partial charge on any atom is 0.225 e. The number of aromatic nitrogens is 2. The van der Waals surface area contributed by atoms with Crippen LogP contribution in [0.2, 0.25) is 0 Å². The Hall–Kier alpha value is -1.85. The summed E-state index contributed by atoms with van der Waals surface area (Å²) in [5.74, 6) is 0.292. The van der Waals surface area contributed by atoms with Gasteiger partial charge in [-0.2, -0.15) is 0 Å². The molecule has 0 bridgehead atoms. The predicted molar refractivity (Wildman–Crippen MR) is 74.8 cm³/mol. The highest BCUT2D eigenvalue weighted by atomic mass is 16.2. The monoisotopic (exact) mass is 278 g/mol. The van der Waals surface area contributed by atoms with E-state index in [9.17, 15) is 9.59 Å². The molecule has 1 aromatic rings. The zero-order valence-corrected chi connectivity index (χ0v) is 12.1. The summed E-state index contributed by atoms with van der Waals surface area (Å²) in [6, 6.07) is 0. The lowest BCUT2D eigenvalue weighted by Crippen LogP contribution is -2.35. The molecule has 1 aliphatic rings. The quantitative estimate of drug-likeness (QED) is 0.798. The minimum atomic E-state index is -0.206. The molecule has 2 heterocycles. The smallest absolute Gasteiger partial charge is 0.225 e. The minimum Gasteiger partial charge on any atom is -0.355 e. The largest absolute Gasteiger partial charge is 0.355 e. The summed E-state index contributed by atoms with van der Waals surface area (Å²) in [5, 5.41) is 2.89. The van der Waals surface area contributed by atoms with Crippen molar-refractivity contribution in [3.8, 4) is 0 Å². The predicted octanol–water partition coefficient (Wildman–Crippen LogP) is 0.573. The lowest BCUT2D eigenvalue weighted by Gasteiger charge is -2.18. The second-order valence-corrected chi connectivity index (χ2v) is 5.71. The summed E-state index contributed by atoms with van der Waals surface area (Å²) in [6.45, 7) is 6.00. The van der Waals surface area contributed by atoms with Crippen molar-refractivity contribution in [2.75, 3.05) is 19.6 Å². The fraction of sp³-hybridized carbons (Fsp3) is 0.643. The molecule has 20 heavy (non-hydrogen) atoms. The molecule has 1 fully saturated rings. The van der Waals surface area contributed by atoms with Crippen LogP contribution in [-0.2, 0) is 16.0 Å². The molecule has 1 aromatic heterocycles. The van der Waals surface area contributed by atoms with E-state index in [1.165, 1.54) is 0 Å². The fourth-order valence-electron chi connectivity index (χ4n) is 2.45. The highest BCUT2D eigenvalue weighted by Gasteiger charge is 2.34. The number of likely N-dealkylation sites (tertiary alicyclic amines) is 1. The van der Waals surface area contributed by atoms with E-state index in [1.54, 1.807) is 17.4 Å². The van der Waals surface area contributed by atoms with Crippen LogP contribution >= 0.6 is 0 Å². The zero-order chi connectivity index (χ0) is 14.5. The summed E-state index contributed by atoms with van der Waals surface area (Å²) in [4.78, 5) is 32.6. The Morgan fingerprint density at radius 3 is 3.05 bits per heavy atom. The molecule has 2 rings (SSSR count). The maximum atomic E-state index is 12.0. The summed E-state index contributed by atoms with van der Waals surface area (Å²) in [6.07, 6.45) is 4.43. The Bertz CT molecular complexity index is 456. The van der Waals surface area contributed by atoms with Crippen LogP contribution in [0.15, 0.2) is 12.5 Å². The van der Waals surface area contributed by atoms with Crippen molar-refractivity contribution >= 4 is 11.8 Å². The first-order valence-electron chi connectivity index (χ1n) is 7.09. The average Bonchev–Trinajstić information content (AvgIpc) is 3.00. The molecule has 0 aliphatic carbocycles. The van der Waals surface area contributed by atoms with Crippen LogP contribution in [0.3, 0.4) is 0 Å². The molecule has 2 amide bonds. The van der Waals surface area contributed by atoms with Crippen LogP contribution < -0.4 is 5.32 Å². The minimum absolute atomic E-state index is 0.0240. The van der Waals surface area contributed by atoms with Gasteiger partial charge < -0.3 is 15.2 Å². The molecule has 1 saturated heterocycles. The normalized spacial score (nSPS) is 18.9. The second-order valence-electron chi connectivity index (χ2n) is 5.71. The number of carbonyl (C=O) groups excluding carboxylic acids is 2. The molecule has 0 aromatic carbocycles. The van der Waals surface area contributed by atoms with Crippen molar-refractivity contribution in [3.05, 3.63) is 18.2 Å². The third kappa shape index (κ3) is 3.82. The molecular formula is C14H22N4O2. The molecule has 0 saturated carbocycles. The van der Waals surface area contributed by atoms with Crippen molar-refractivity contribution in [1.82, 2.24) is 20.2 Å². The summed E-state index contributed by atoms with van der Waals surface area (Å²) >= 11 is 0. The number of H-pyrrole nitrogens is 1. The molecule has 110 valence electrons. The van der Waals surface area contributed by atoms with Gasteiger partial charge in [0, 0.05) is 44.4 Å². The molecular weight excluding hydrogens is 256 g/mol. The number of nitrogens with zero attached hydrogens (tertiary/aromatic N) is 2. The number of hydrogen-bond acceptors (Lipinski definition) is 3. The SMILES string of the molecule is CC(C)CN1C[C@H](C(=O)NCCc2cnc[nH]2)CC1=O. The van der Waals surface area contributed by atoms with Gasteiger partial charge in [-0.3, -0.25) is 9.59 Å². The second kappa shape index (κ2) is 6.54. The van der Waals surface area contributed by atoms with Crippen LogP contribution in [-0.4, -0.2) is 46.3 Å². The highest BCUT2D eigenvalue weighted by molar-refractivity contribution is 5.89. The van der Waals surface area contributed by atoms with Crippen LogP contribution in [0.25, 0.3) is 0 Å². The van der Waals surface area contributed by atoms with Crippen molar-refractivity contribution < 1.29 is 9.59 Å². The Kier molecular flexibility index (Phi) is 4.76. The van der Waals surface area contributed by atoms with E-state index < -0.39 is 0 Å². The van der Waals surface area contributed by atoms with Crippen LogP contribution in [0.4, 0.5) is 0 Å². The summed E-state index contributed by atoms with van der Waals surface area (Å²) in [7, 11) is 0.